The zero-order valence-electron chi connectivity index (χ0n) is 14.7. The summed E-state index contributed by atoms with van der Waals surface area (Å²) in [5.74, 6) is -0.461. The first kappa shape index (κ1) is 19.1. The maximum atomic E-state index is 13.1. The minimum atomic E-state index is -0.916. The van der Waals surface area contributed by atoms with Crippen LogP contribution in [0.1, 0.15) is 17.5 Å². The van der Waals surface area contributed by atoms with Crippen molar-refractivity contribution < 1.29 is 9.59 Å². The van der Waals surface area contributed by atoms with Crippen molar-refractivity contribution in [3.05, 3.63) is 81.5 Å². The van der Waals surface area contributed by atoms with Gasteiger partial charge in [-0.05, 0) is 52.2 Å². The summed E-state index contributed by atoms with van der Waals surface area (Å²) in [4.78, 5) is 26.9. The smallest absolute Gasteiger partial charge is 0.242 e. The molecule has 1 saturated heterocycles. The van der Waals surface area contributed by atoms with Crippen molar-refractivity contribution in [2.45, 2.75) is 22.1 Å². The molecular formula is C21H17ClN2O2S2. The van der Waals surface area contributed by atoms with Gasteiger partial charge in [-0.1, -0.05) is 35.9 Å². The van der Waals surface area contributed by atoms with E-state index >= 15 is 0 Å². The fourth-order valence-corrected chi connectivity index (χ4v) is 5.41. The maximum Gasteiger partial charge on any atom is 0.242 e. The molecule has 0 bridgehead atoms. The number of halogens is 1. The Morgan fingerprint density at radius 2 is 1.93 bits per heavy atom. The lowest BCUT2D eigenvalue weighted by atomic mass is 9.77. The number of nitrogens with two attached hydrogens (primary N) is 1. The molecule has 0 unspecified atom stereocenters. The van der Waals surface area contributed by atoms with Gasteiger partial charge in [-0.15, -0.1) is 11.8 Å². The number of benzene rings is 2. The number of hydrogen-bond acceptors (Lipinski definition) is 5. The Kier molecular flexibility index (Phi) is 5.19. The minimum absolute atomic E-state index is 0.137. The summed E-state index contributed by atoms with van der Waals surface area (Å²) in [5, 5.41) is 6.70. The number of hydrogen-bond donors (Lipinski definition) is 2. The van der Waals surface area contributed by atoms with Gasteiger partial charge in [0.05, 0.1) is 10.6 Å². The van der Waals surface area contributed by atoms with E-state index in [1.54, 1.807) is 12.1 Å². The van der Waals surface area contributed by atoms with Gasteiger partial charge >= 0.3 is 0 Å². The third-order valence-corrected chi connectivity index (χ3v) is 7.23. The van der Waals surface area contributed by atoms with Gasteiger partial charge < -0.3 is 11.1 Å². The Bertz CT molecular complexity index is 1020. The molecule has 28 heavy (non-hydrogen) atoms. The highest BCUT2D eigenvalue weighted by molar-refractivity contribution is 8.01. The molecule has 3 aromatic rings. The molecule has 2 atom stereocenters. The Balaban J connectivity index is 1.71. The standard InChI is InChI=1S/C21H17ClN2O2S2/c22-16-6-1-2-7-18(16)28-19-17(25)11-21(24-20(19)26,14-8-9-27-12-14)13-4-3-5-15(23)10-13/h1-10,12,19H,11,23H2,(H,24,26)/t19-,21+/m0/s1. The summed E-state index contributed by atoms with van der Waals surface area (Å²) in [6.07, 6.45) is 0.154. The summed E-state index contributed by atoms with van der Waals surface area (Å²) in [7, 11) is 0. The monoisotopic (exact) mass is 428 g/mol. The van der Waals surface area contributed by atoms with Crippen LogP contribution < -0.4 is 11.1 Å². The molecule has 2 heterocycles. The largest absolute Gasteiger partial charge is 0.399 e. The van der Waals surface area contributed by atoms with Gasteiger partial charge in [0.15, 0.2) is 5.78 Å². The highest BCUT2D eigenvalue weighted by Crippen LogP contribution is 2.41. The van der Waals surface area contributed by atoms with Gasteiger partial charge in [0.1, 0.15) is 5.25 Å². The van der Waals surface area contributed by atoms with Gasteiger partial charge in [-0.3, -0.25) is 9.59 Å². The van der Waals surface area contributed by atoms with Gasteiger partial charge in [-0.25, -0.2) is 0 Å². The summed E-state index contributed by atoms with van der Waals surface area (Å²) in [5.41, 5.74) is 7.33. The number of thiophene rings is 1. The van der Waals surface area contributed by atoms with E-state index in [9.17, 15) is 9.59 Å². The summed E-state index contributed by atoms with van der Waals surface area (Å²) >= 11 is 8.92. The predicted octanol–water partition coefficient (Wildman–Crippen LogP) is 4.48. The van der Waals surface area contributed by atoms with E-state index in [0.29, 0.717) is 15.6 Å². The fraction of sp³-hybridized carbons (Fsp3) is 0.143. The van der Waals surface area contributed by atoms with Crippen LogP contribution in [-0.4, -0.2) is 16.9 Å². The van der Waals surface area contributed by atoms with Crippen molar-refractivity contribution >= 4 is 52.1 Å². The molecule has 1 fully saturated rings. The van der Waals surface area contributed by atoms with Crippen molar-refractivity contribution in [2.75, 3.05) is 5.73 Å². The molecule has 1 aliphatic heterocycles. The zero-order valence-corrected chi connectivity index (χ0v) is 17.1. The van der Waals surface area contributed by atoms with Crippen molar-refractivity contribution in [3.63, 3.8) is 0 Å². The van der Waals surface area contributed by atoms with Crippen molar-refractivity contribution in [1.29, 1.82) is 0 Å². The van der Waals surface area contributed by atoms with E-state index < -0.39 is 10.8 Å². The number of carbonyl (C=O) groups excluding carboxylic acids is 2. The average Bonchev–Trinajstić information content (AvgIpc) is 3.21. The van der Waals surface area contributed by atoms with E-state index in [4.69, 9.17) is 17.3 Å². The Labute approximate surface area is 176 Å². The molecule has 2 aromatic carbocycles. The first-order valence-corrected chi connectivity index (χ1v) is 10.8. The van der Waals surface area contributed by atoms with Crippen molar-refractivity contribution in [3.8, 4) is 0 Å². The molecule has 0 radical (unpaired) electrons. The maximum absolute atomic E-state index is 13.1. The second-order valence-corrected chi connectivity index (χ2v) is 8.94. The molecule has 1 amide bonds. The van der Waals surface area contributed by atoms with Crippen molar-refractivity contribution in [2.24, 2.45) is 0 Å². The van der Waals surface area contributed by atoms with Gasteiger partial charge in [-0.2, -0.15) is 11.3 Å². The molecule has 0 spiro atoms. The zero-order chi connectivity index (χ0) is 19.7. The first-order valence-electron chi connectivity index (χ1n) is 8.64. The normalized spacial score (nSPS) is 22.1. The molecule has 3 N–H and O–H groups in total. The van der Waals surface area contributed by atoms with E-state index in [1.807, 2.05) is 53.2 Å². The van der Waals surface area contributed by atoms with Crippen LogP contribution in [0.4, 0.5) is 5.69 Å². The number of ketones is 1. The number of rotatable bonds is 4. The summed E-state index contributed by atoms with van der Waals surface area (Å²) < 4.78 is 0. The Morgan fingerprint density at radius 3 is 2.61 bits per heavy atom. The van der Waals surface area contributed by atoms with Gasteiger partial charge in [0, 0.05) is 17.0 Å². The number of carbonyl (C=O) groups is 2. The number of amides is 1. The molecule has 4 rings (SSSR count). The van der Waals surface area contributed by atoms with Crippen LogP contribution in [0.2, 0.25) is 5.02 Å². The molecule has 7 heteroatoms. The molecule has 0 aliphatic carbocycles. The van der Waals surface area contributed by atoms with Crippen LogP contribution in [0.5, 0.6) is 0 Å². The average molecular weight is 429 g/mol. The number of nitrogens with one attached hydrogen (secondary N) is 1. The molecule has 0 saturated carbocycles. The quantitative estimate of drug-likeness (QED) is 0.474. The van der Waals surface area contributed by atoms with Gasteiger partial charge in [0.2, 0.25) is 5.91 Å². The number of thioether (sulfide) groups is 1. The van der Waals surface area contributed by atoms with Crippen LogP contribution in [-0.2, 0) is 15.1 Å². The van der Waals surface area contributed by atoms with E-state index in [1.165, 1.54) is 23.1 Å². The second-order valence-electron chi connectivity index (χ2n) is 6.60. The van der Waals surface area contributed by atoms with Crippen LogP contribution in [0.25, 0.3) is 0 Å². The van der Waals surface area contributed by atoms with Gasteiger partial charge in [0.25, 0.3) is 0 Å². The van der Waals surface area contributed by atoms with E-state index in [2.05, 4.69) is 5.32 Å². The van der Waals surface area contributed by atoms with Crippen LogP contribution in [0.15, 0.2) is 70.3 Å². The highest BCUT2D eigenvalue weighted by Gasteiger charge is 2.47. The number of piperidine rings is 1. The predicted molar refractivity (Wildman–Crippen MR) is 115 cm³/mol. The lowest BCUT2D eigenvalue weighted by molar-refractivity contribution is -0.132. The first-order chi connectivity index (χ1) is 13.5. The third kappa shape index (κ3) is 3.43. The molecule has 4 nitrogen and oxygen atoms in total. The lowest BCUT2D eigenvalue weighted by Gasteiger charge is -2.40. The second kappa shape index (κ2) is 7.62. The SMILES string of the molecule is Nc1cccc([C@@]2(c3ccsc3)CC(=O)[C@H](Sc3ccccc3Cl)C(=O)N2)c1. The lowest BCUT2D eigenvalue weighted by Crippen LogP contribution is -2.58. The highest BCUT2D eigenvalue weighted by atomic mass is 35.5. The Hall–Kier alpha value is -2.28. The Morgan fingerprint density at radius 1 is 1.11 bits per heavy atom. The van der Waals surface area contributed by atoms with Crippen LogP contribution >= 0.6 is 34.7 Å². The third-order valence-electron chi connectivity index (χ3n) is 4.78. The van der Waals surface area contributed by atoms with Crippen molar-refractivity contribution in [1.82, 2.24) is 5.32 Å². The molecule has 142 valence electrons. The number of anilines is 1. The van der Waals surface area contributed by atoms with Crippen LogP contribution in [0.3, 0.4) is 0 Å². The molecular weight excluding hydrogens is 412 g/mol. The van der Waals surface area contributed by atoms with Crippen LogP contribution in [0, 0.1) is 0 Å². The number of nitrogen functional groups attached to an aromatic ring is 1. The van der Waals surface area contributed by atoms with E-state index in [0.717, 1.165) is 11.1 Å². The number of Topliss-reactive ketones (excluding diaryl/α,β-unsaturated/α-hetero) is 1. The molecule has 1 aliphatic rings. The fourth-order valence-electron chi connectivity index (χ4n) is 3.43. The van der Waals surface area contributed by atoms with E-state index in [-0.39, 0.29) is 18.1 Å². The topological polar surface area (TPSA) is 72.2 Å². The summed E-state index contributed by atoms with van der Waals surface area (Å²) in [6, 6.07) is 16.5. The minimum Gasteiger partial charge on any atom is -0.399 e. The summed E-state index contributed by atoms with van der Waals surface area (Å²) in [6.45, 7) is 0. The molecule has 1 aromatic heterocycles.